The molecule has 2 N–H and O–H groups in total. The van der Waals surface area contributed by atoms with Gasteiger partial charge < -0.3 is 10.4 Å². The number of hydrogen-bond acceptors (Lipinski definition) is 2. The molecule has 0 aromatic heterocycles. The molecule has 1 unspecified atom stereocenters. The molecule has 2 nitrogen and oxygen atoms in total. The van der Waals surface area contributed by atoms with Gasteiger partial charge in [0.2, 0.25) is 0 Å². The van der Waals surface area contributed by atoms with E-state index in [1.54, 1.807) is 24.3 Å². The second-order valence-corrected chi connectivity index (χ2v) is 4.81. The van der Waals surface area contributed by atoms with Crippen LogP contribution in [0, 0.1) is 11.6 Å². The maximum atomic E-state index is 13.4. The lowest BCUT2D eigenvalue weighted by atomic mass is 10.1. The number of nitrogens with one attached hydrogen (secondary N) is 1. The summed E-state index contributed by atoms with van der Waals surface area (Å²) < 4.78 is 26.4. The molecule has 0 bridgehead atoms. The van der Waals surface area contributed by atoms with Crippen molar-refractivity contribution in [1.82, 2.24) is 5.32 Å². The lowest BCUT2D eigenvalue weighted by Crippen LogP contribution is -2.21. The second-order valence-electron chi connectivity index (χ2n) is 4.40. The minimum absolute atomic E-state index is 0.130. The number of aliphatic hydroxyl groups excluding tert-OH is 1. The van der Waals surface area contributed by atoms with Crippen LogP contribution in [0.3, 0.4) is 0 Å². The van der Waals surface area contributed by atoms with E-state index in [0.29, 0.717) is 10.6 Å². The maximum Gasteiger partial charge on any atom is 0.127 e. The second kappa shape index (κ2) is 6.79. The predicted octanol–water partition coefficient (Wildman–Crippen LogP) is 3.44. The molecule has 2 rings (SSSR count). The van der Waals surface area contributed by atoms with Crippen LogP contribution in [0.5, 0.6) is 0 Å². The minimum atomic E-state index is -0.805. The molecule has 5 heteroatoms. The number of benzene rings is 2. The summed E-state index contributed by atoms with van der Waals surface area (Å²) in [6, 6.07) is 10.2. The number of halogens is 3. The van der Waals surface area contributed by atoms with Gasteiger partial charge in [0.25, 0.3) is 0 Å². The molecule has 0 aliphatic heterocycles. The Hall–Kier alpha value is -1.49. The zero-order valence-electron chi connectivity index (χ0n) is 10.6. The van der Waals surface area contributed by atoms with Crippen LogP contribution in [0.15, 0.2) is 42.5 Å². The molecule has 2 aromatic carbocycles. The van der Waals surface area contributed by atoms with E-state index in [-0.39, 0.29) is 18.7 Å². The van der Waals surface area contributed by atoms with E-state index in [2.05, 4.69) is 5.32 Å². The zero-order valence-corrected chi connectivity index (χ0v) is 11.4. The van der Waals surface area contributed by atoms with Gasteiger partial charge in [-0.3, -0.25) is 0 Å². The van der Waals surface area contributed by atoms with Crippen molar-refractivity contribution in [1.29, 1.82) is 0 Å². The normalized spacial score (nSPS) is 12.4. The number of rotatable bonds is 5. The highest BCUT2D eigenvalue weighted by molar-refractivity contribution is 6.31. The third-order valence-electron chi connectivity index (χ3n) is 2.93. The van der Waals surface area contributed by atoms with Gasteiger partial charge in [-0.1, -0.05) is 29.8 Å². The summed E-state index contributed by atoms with van der Waals surface area (Å²) in [5, 5.41) is 13.3. The fourth-order valence-electron chi connectivity index (χ4n) is 1.88. The quantitative estimate of drug-likeness (QED) is 0.886. The first kappa shape index (κ1) is 14.9. The Balaban J connectivity index is 1.93. The van der Waals surface area contributed by atoms with Crippen molar-refractivity contribution in [2.75, 3.05) is 6.54 Å². The van der Waals surface area contributed by atoms with Crippen molar-refractivity contribution in [2.24, 2.45) is 0 Å². The summed E-state index contributed by atoms with van der Waals surface area (Å²) in [4.78, 5) is 0. The van der Waals surface area contributed by atoms with Gasteiger partial charge in [-0.15, -0.1) is 0 Å². The fourth-order valence-corrected chi connectivity index (χ4v) is 2.14. The SMILES string of the molecule is OC(CNCc1cc(F)ccc1F)c1ccccc1Cl. The van der Waals surface area contributed by atoms with E-state index >= 15 is 0 Å². The van der Waals surface area contributed by atoms with E-state index in [0.717, 1.165) is 18.2 Å². The molecule has 0 radical (unpaired) electrons. The first-order chi connectivity index (χ1) is 9.58. The Morgan fingerprint density at radius 3 is 2.65 bits per heavy atom. The zero-order chi connectivity index (χ0) is 14.5. The molecule has 0 saturated carbocycles. The minimum Gasteiger partial charge on any atom is -0.387 e. The van der Waals surface area contributed by atoms with Crippen LogP contribution in [0.2, 0.25) is 5.02 Å². The third-order valence-corrected chi connectivity index (χ3v) is 3.27. The number of aliphatic hydroxyl groups is 1. The Kier molecular flexibility index (Phi) is 5.06. The molecule has 0 fully saturated rings. The standard InChI is InChI=1S/C15H14ClF2NO/c16-13-4-2-1-3-12(13)15(20)9-19-8-10-7-11(17)5-6-14(10)18/h1-7,15,19-20H,8-9H2. The highest BCUT2D eigenvalue weighted by Crippen LogP contribution is 2.22. The summed E-state index contributed by atoms with van der Waals surface area (Å²) in [5.74, 6) is -0.971. The van der Waals surface area contributed by atoms with Crippen LogP contribution in [-0.4, -0.2) is 11.7 Å². The Morgan fingerprint density at radius 2 is 1.90 bits per heavy atom. The highest BCUT2D eigenvalue weighted by Gasteiger charge is 2.11. The summed E-state index contributed by atoms with van der Waals surface area (Å²) in [7, 11) is 0. The lowest BCUT2D eigenvalue weighted by molar-refractivity contribution is 0.174. The first-order valence-electron chi connectivity index (χ1n) is 6.15. The van der Waals surface area contributed by atoms with Crippen molar-refractivity contribution < 1.29 is 13.9 Å². The monoisotopic (exact) mass is 297 g/mol. The van der Waals surface area contributed by atoms with E-state index in [1.807, 2.05) is 0 Å². The van der Waals surface area contributed by atoms with Gasteiger partial charge in [-0.25, -0.2) is 8.78 Å². The van der Waals surface area contributed by atoms with Crippen molar-refractivity contribution in [3.63, 3.8) is 0 Å². The maximum absolute atomic E-state index is 13.4. The van der Waals surface area contributed by atoms with Crippen LogP contribution < -0.4 is 5.32 Å². The van der Waals surface area contributed by atoms with E-state index < -0.39 is 17.7 Å². The van der Waals surface area contributed by atoms with Gasteiger partial charge in [0.05, 0.1) is 6.10 Å². The van der Waals surface area contributed by atoms with Gasteiger partial charge in [-0.05, 0) is 24.3 Å². The Morgan fingerprint density at radius 1 is 1.15 bits per heavy atom. The molecular weight excluding hydrogens is 284 g/mol. The summed E-state index contributed by atoms with van der Waals surface area (Å²) >= 11 is 5.96. The number of hydrogen-bond donors (Lipinski definition) is 2. The summed E-state index contributed by atoms with van der Waals surface area (Å²) in [6.45, 7) is 0.324. The Bertz CT molecular complexity index is 592. The van der Waals surface area contributed by atoms with Crippen LogP contribution in [0.25, 0.3) is 0 Å². The Labute approximate surface area is 121 Å². The topological polar surface area (TPSA) is 32.3 Å². The molecule has 0 saturated heterocycles. The van der Waals surface area contributed by atoms with E-state index in [9.17, 15) is 13.9 Å². The van der Waals surface area contributed by atoms with Crippen molar-refractivity contribution >= 4 is 11.6 Å². The molecule has 2 aromatic rings. The van der Waals surface area contributed by atoms with Gasteiger partial charge in [0, 0.05) is 29.2 Å². The molecule has 0 aliphatic carbocycles. The lowest BCUT2D eigenvalue weighted by Gasteiger charge is -2.14. The van der Waals surface area contributed by atoms with E-state index in [1.165, 1.54) is 0 Å². The van der Waals surface area contributed by atoms with Crippen LogP contribution in [-0.2, 0) is 6.54 Å². The van der Waals surface area contributed by atoms with Gasteiger partial charge in [-0.2, -0.15) is 0 Å². The van der Waals surface area contributed by atoms with E-state index in [4.69, 9.17) is 11.6 Å². The molecule has 20 heavy (non-hydrogen) atoms. The highest BCUT2D eigenvalue weighted by atomic mass is 35.5. The van der Waals surface area contributed by atoms with Gasteiger partial charge >= 0.3 is 0 Å². The summed E-state index contributed by atoms with van der Waals surface area (Å²) in [6.07, 6.45) is -0.805. The molecule has 106 valence electrons. The summed E-state index contributed by atoms with van der Waals surface area (Å²) in [5.41, 5.74) is 0.817. The van der Waals surface area contributed by atoms with Crippen molar-refractivity contribution in [3.8, 4) is 0 Å². The van der Waals surface area contributed by atoms with Crippen molar-refractivity contribution in [3.05, 3.63) is 70.2 Å². The third kappa shape index (κ3) is 3.76. The van der Waals surface area contributed by atoms with Crippen LogP contribution in [0.4, 0.5) is 8.78 Å². The predicted molar refractivity (Wildman–Crippen MR) is 74.5 cm³/mol. The van der Waals surface area contributed by atoms with Crippen molar-refractivity contribution in [2.45, 2.75) is 12.6 Å². The molecule has 0 aliphatic rings. The molecule has 0 spiro atoms. The molecule has 1 atom stereocenters. The fraction of sp³-hybridized carbons (Fsp3) is 0.200. The first-order valence-corrected chi connectivity index (χ1v) is 6.53. The van der Waals surface area contributed by atoms with Crippen LogP contribution in [0.1, 0.15) is 17.2 Å². The van der Waals surface area contributed by atoms with Gasteiger partial charge in [0.15, 0.2) is 0 Å². The average molecular weight is 298 g/mol. The molecular formula is C15H14ClF2NO. The molecule has 0 heterocycles. The average Bonchev–Trinajstić information content (AvgIpc) is 2.43. The molecule has 0 amide bonds. The van der Waals surface area contributed by atoms with Gasteiger partial charge in [0.1, 0.15) is 11.6 Å². The largest absolute Gasteiger partial charge is 0.387 e. The van der Waals surface area contributed by atoms with Crippen LogP contribution >= 0.6 is 11.6 Å². The smallest absolute Gasteiger partial charge is 0.127 e.